The molecule has 0 fully saturated rings. The maximum absolute atomic E-state index is 12.7. The van der Waals surface area contributed by atoms with Gasteiger partial charge in [-0.3, -0.25) is 19.3 Å². The Balaban J connectivity index is 2.05. The number of aryl methyl sites for hydroxylation is 1. The standard InChI is InChI=1S/C18H16N2O3/c1-11-6-2-3-7-12(11)10-20-17(22)14-9-5-4-8-13(14)15(16(19)21)18(20)23/h2-9,15H,10H2,1H3,(H2,19,21). The van der Waals surface area contributed by atoms with Gasteiger partial charge in [-0.25, -0.2) is 0 Å². The van der Waals surface area contributed by atoms with Crippen LogP contribution < -0.4 is 5.73 Å². The number of fused-ring (bicyclic) bond motifs is 1. The minimum atomic E-state index is -1.12. The predicted octanol–water partition coefficient (Wildman–Crippen LogP) is 1.75. The van der Waals surface area contributed by atoms with Crippen LogP contribution in [0.25, 0.3) is 0 Å². The summed E-state index contributed by atoms with van der Waals surface area (Å²) in [7, 11) is 0. The van der Waals surface area contributed by atoms with E-state index in [0.717, 1.165) is 16.0 Å². The van der Waals surface area contributed by atoms with Crippen LogP contribution in [0.3, 0.4) is 0 Å². The molecule has 0 aromatic heterocycles. The van der Waals surface area contributed by atoms with Gasteiger partial charge in [-0.05, 0) is 29.7 Å². The van der Waals surface area contributed by atoms with Gasteiger partial charge in [-0.2, -0.15) is 0 Å². The van der Waals surface area contributed by atoms with Gasteiger partial charge in [0.05, 0.1) is 6.54 Å². The molecule has 2 aromatic rings. The third-order valence-corrected chi connectivity index (χ3v) is 4.13. The largest absolute Gasteiger partial charge is 0.369 e. The number of hydrogen-bond donors (Lipinski definition) is 1. The molecule has 0 saturated carbocycles. The second kappa shape index (κ2) is 5.68. The molecule has 1 aliphatic heterocycles. The lowest BCUT2D eigenvalue weighted by Gasteiger charge is -2.31. The first-order valence-electron chi connectivity index (χ1n) is 7.29. The minimum Gasteiger partial charge on any atom is -0.369 e. The van der Waals surface area contributed by atoms with Gasteiger partial charge >= 0.3 is 0 Å². The van der Waals surface area contributed by atoms with E-state index in [9.17, 15) is 14.4 Å². The van der Waals surface area contributed by atoms with Gasteiger partial charge in [-0.15, -0.1) is 0 Å². The fraction of sp³-hybridized carbons (Fsp3) is 0.167. The van der Waals surface area contributed by atoms with Gasteiger partial charge in [0, 0.05) is 5.56 Å². The van der Waals surface area contributed by atoms with Crippen LogP contribution in [0.1, 0.15) is 33.0 Å². The molecule has 23 heavy (non-hydrogen) atoms. The topological polar surface area (TPSA) is 80.5 Å². The molecule has 0 spiro atoms. The number of amides is 3. The van der Waals surface area contributed by atoms with E-state index in [1.54, 1.807) is 24.3 Å². The normalized spacial score (nSPS) is 17.1. The maximum atomic E-state index is 12.7. The van der Waals surface area contributed by atoms with Crippen molar-refractivity contribution in [2.24, 2.45) is 5.73 Å². The quantitative estimate of drug-likeness (QED) is 0.693. The third-order valence-electron chi connectivity index (χ3n) is 4.13. The molecule has 2 aromatic carbocycles. The van der Waals surface area contributed by atoms with Crippen molar-refractivity contribution in [2.75, 3.05) is 0 Å². The highest BCUT2D eigenvalue weighted by Crippen LogP contribution is 2.30. The van der Waals surface area contributed by atoms with Gasteiger partial charge < -0.3 is 5.73 Å². The Bertz CT molecular complexity index is 813. The fourth-order valence-corrected chi connectivity index (χ4v) is 2.86. The van der Waals surface area contributed by atoms with Gasteiger partial charge in [0.15, 0.2) is 0 Å². The van der Waals surface area contributed by atoms with Crippen molar-refractivity contribution in [3.05, 3.63) is 70.8 Å². The zero-order valence-electron chi connectivity index (χ0n) is 12.7. The van der Waals surface area contributed by atoms with Crippen molar-refractivity contribution >= 4 is 17.7 Å². The van der Waals surface area contributed by atoms with Crippen molar-refractivity contribution in [1.82, 2.24) is 4.90 Å². The van der Waals surface area contributed by atoms with E-state index in [-0.39, 0.29) is 6.54 Å². The Morgan fingerprint density at radius 3 is 2.43 bits per heavy atom. The number of carbonyl (C=O) groups is 3. The monoisotopic (exact) mass is 308 g/mol. The van der Waals surface area contributed by atoms with E-state index < -0.39 is 23.6 Å². The van der Waals surface area contributed by atoms with E-state index in [1.807, 2.05) is 31.2 Å². The summed E-state index contributed by atoms with van der Waals surface area (Å²) >= 11 is 0. The van der Waals surface area contributed by atoms with Gasteiger partial charge in [0.2, 0.25) is 11.8 Å². The number of hydrogen-bond acceptors (Lipinski definition) is 3. The predicted molar refractivity (Wildman–Crippen MR) is 84.4 cm³/mol. The highest BCUT2D eigenvalue weighted by Gasteiger charge is 2.41. The Hall–Kier alpha value is -2.95. The molecule has 5 heteroatoms. The van der Waals surface area contributed by atoms with Crippen LogP contribution in [-0.4, -0.2) is 22.6 Å². The summed E-state index contributed by atoms with van der Waals surface area (Å²) in [4.78, 5) is 38.2. The van der Waals surface area contributed by atoms with E-state index >= 15 is 0 Å². The zero-order valence-corrected chi connectivity index (χ0v) is 12.7. The first-order chi connectivity index (χ1) is 11.0. The number of imide groups is 1. The lowest BCUT2D eigenvalue weighted by atomic mass is 9.87. The zero-order chi connectivity index (χ0) is 16.6. The summed E-state index contributed by atoms with van der Waals surface area (Å²) < 4.78 is 0. The van der Waals surface area contributed by atoms with Gasteiger partial charge in [-0.1, -0.05) is 42.5 Å². The number of nitrogens with zero attached hydrogens (tertiary/aromatic N) is 1. The molecular weight excluding hydrogens is 292 g/mol. The summed E-state index contributed by atoms with van der Waals surface area (Å²) in [5.74, 6) is -2.83. The highest BCUT2D eigenvalue weighted by atomic mass is 16.2. The Morgan fingerprint density at radius 1 is 1.09 bits per heavy atom. The van der Waals surface area contributed by atoms with Crippen LogP contribution in [-0.2, 0) is 16.1 Å². The van der Waals surface area contributed by atoms with Gasteiger partial charge in [0.25, 0.3) is 5.91 Å². The molecule has 3 amide bonds. The number of benzene rings is 2. The molecule has 1 heterocycles. The van der Waals surface area contributed by atoms with Crippen LogP contribution in [0.4, 0.5) is 0 Å². The third kappa shape index (κ3) is 2.50. The van der Waals surface area contributed by atoms with E-state index in [0.29, 0.717) is 11.1 Å². The molecule has 1 unspecified atom stereocenters. The lowest BCUT2D eigenvalue weighted by molar-refractivity contribution is -0.136. The SMILES string of the molecule is Cc1ccccc1CN1C(=O)c2ccccc2C(C(N)=O)C1=O. The van der Waals surface area contributed by atoms with Crippen LogP contribution in [0.5, 0.6) is 0 Å². The molecule has 0 bridgehead atoms. The average molecular weight is 308 g/mol. The van der Waals surface area contributed by atoms with Crippen LogP contribution in [0.2, 0.25) is 0 Å². The van der Waals surface area contributed by atoms with Crippen molar-refractivity contribution in [1.29, 1.82) is 0 Å². The first-order valence-corrected chi connectivity index (χ1v) is 7.29. The Kier molecular flexibility index (Phi) is 3.70. The van der Waals surface area contributed by atoms with Crippen molar-refractivity contribution in [2.45, 2.75) is 19.4 Å². The summed E-state index contributed by atoms with van der Waals surface area (Å²) in [6.07, 6.45) is 0. The van der Waals surface area contributed by atoms with E-state index in [4.69, 9.17) is 5.73 Å². The molecule has 116 valence electrons. The summed E-state index contributed by atoms with van der Waals surface area (Å²) in [6.45, 7) is 2.04. The van der Waals surface area contributed by atoms with E-state index in [1.165, 1.54) is 0 Å². The molecule has 5 nitrogen and oxygen atoms in total. The molecule has 3 rings (SSSR count). The molecule has 0 aliphatic carbocycles. The number of primary amides is 1. The van der Waals surface area contributed by atoms with Crippen LogP contribution in [0.15, 0.2) is 48.5 Å². The van der Waals surface area contributed by atoms with E-state index in [2.05, 4.69) is 0 Å². The first kappa shape index (κ1) is 15.0. The van der Waals surface area contributed by atoms with Crippen LogP contribution in [0, 0.1) is 6.92 Å². The second-order valence-electron chi connectivity index (χ2n) is 5.58. The molecule has 1 aliphatic rings. The Morgan fingerprint density at radius 2 is 1.74 bits per heavy atom. The molecule has 0 saturated heterocycles. The number of nitrogens with two attached hydrogens (primary N) is 1. The summed E-state index contributed by atoms with van der Waals surface area (Å²) in [6, 6.07) is 14.1. The molecule has 2 N–H and O–H groups in total. The smallest absolute Gasteiger partial charge is 0.261 e. The summed E-state index contributed by atoms with van der Waals surface area (Å²) in [5, 5.41) is 0. The van der Waals surface area contributed by atoms with Crippen molar-refractivity contribution < 1.29 is 14.4 Å². The molecule has 0 radical (unpaired) electrons. The van der Waals surface area contributed by atoms with Gasteiger partial charge in [0.1, 0.15) is 5.92 Å². The molecule has 1 atom stereocenters. The highest BCUT2D eigenvalue weighted by molar-refractivity contribution is 6.18. The van der Waals surface area contributed by atoms with Crippen molar-refractivity contribution in [3.63, 3.8) is 0 Å². The molecular formula is C18H16N2O3. The Labute approximate surface area is 133 Å². The number of rotatable bonds is 3. The fourth-order valence-electron chi connectivity index (χ4n) is 2.86. The maximum Gasteiger partial charge on any atom is 0.261 e. The minimum absolute atomic E-state index is 0.127. The summed E-state index contributed by atoms with van der Waals surface area (Å²) in [5.41, 5.74) is 7.98. The van der Waals surface area contributed by atoms with Crippen molar-refractivity contribution in [3.8, 4) is 0 Å². The second-order valence-corrected chi connectivity index (χ2v) is 5.58. The lowest BCUT2D eigenvalue weighted by Crippen LogP contribution is -2.48. The average Bonchev–Trinajstić information content (AvgIpc) is 2.53. The number of carbonyl (C=O) groups excluding carboxylic acids is 3. The van der Waals surface area contributed by atoms with Crippen LogP contribution >= 0.6 is 0 Å².